The van der Waals surface area contributed by atoms with Crippen LogP contribution in [0.2, 0.25) is 0 Å². The van der Waals surface area contributed by atoms with Gasteiger partial charge in [-0.2, -0.15) is 0 Å². The van der Waals surface area contributed by atoms with Crippen molar-refractivity contribution >= 4 is 29.6 Å². The lowest BCUT2D eigenvalue weighted by molar-refractivity contribution is -0.135. The molecule has 1 aliphatic heterocycles. The van der Waals surface area contributed by atoms with E-state index in [4.69, 9.17) is 4.74 Å². The van der Waals surface area contributed by atoms with Crippen molar-refractivity contribution < 1.29 is 23.9 Å². The topological polar surface area (TPSA) is 126 Å². The van der Waals surface area contributed by atoms with Gasteiger partial charge in [-0.1, -0.05) is 13.0 Å². The second-order valence-corrected chi connectivity index (χ2v) is 6.58. The summed E-state index contributed by atoms with van der Waals surface area (Å²) in [4.78, 5) is 52.5. The Hall–Kier alpha value is -3.07. The fourth-order valence-corrected chi connectivity index (χ4v) is 2.92. The first-order valence-corrected chi connectivity index (χ1v) is 9.47. The zero-order valence-corrected chi connectivity index (χ0v) is 16.5. The maximum Gasteiger partial charge on any atom is 0.244 e. The van der Waals surface area contributed by atoms with E-state index in [1.165, 1.54) is 13.2 Å². The number of amides is 3. The van der Waals surface area contributed by atoms with E-state index in [0.717, 1.165) is 0 Å². The molecule has 0 aromatic carbocycles. The van der Waals surface area contributed by atoms with Crippen LogP contribution in [0.1, 0.15) is 31.9 Å². The number of hydrogen-bond acceptors (Lipinski definition) is 6. The highest BCUT2D eigenvalue weighted by Crippen LogP contribution is 2.19. The van der Waals surface area contributed by atoms with Crippen LogP contribution in [0.5, 0.6) is 0 Å². The molecule has 0 aliphatic carbocycles. The molecule has 156 valence electrons. The van der Waals surface area contributed by atoms with Crippen molar-refractivity contribution in [2.45, 2.75) is 38.5 Å². The van der Waals surface area contributed by atoms with E-state index in [-0.39, 0.29) is 42.9 Å². The van der Waals surface area contributed by atoms with Crippen molar-refractivity contribution in [2.24, 2.45) is 5.92 Å². The summed E-state index contributed by atoms with van der Waals surface area (Å²) in [7, 11) is 1.46. The number of nitrogens with zero attached hydrogens (tertiary/aromatic N) is 1. The number of ether oxygens (including phenoxy) is 1. The van der Waals surface area contributed by atoms with Gasteiger partial charge in [0.2, 0.25) is 17.7 Å². The monoisotopic (exact) mass is 402 g/mol. The standard InChI is InChI=1S/C20H26N4O5/c1-3-15(19(27)14-12-18(29-2)24-20(14)28)23-17(26)9-11-22-16(25)8-7-13-6-4-5-10-21-13/h4-8,10,14-15,18H,3,9,11-12H2,1-2H3,(H,22,25)(H,23,26)(H,24,28)/b8-7+/t14?,15-,18?/m0/s1. The molecule has 3 N–H and O–H groups in total. The molecule has 0 spiro atoms. The minimum Gasteiger partial charge on any atom is -0.362 e. The summed E-state index contributed by atoms with van der Waals surface area (Å²) in [5, 5.41) is 7.82. The molecule has 3 amide bonds. The average molecular weight is 402 g/mol. The summed E-state index contributed by atoms with van der Waals surface area (Å²) in [5.74, 6) is -2.27. The van der Waals surface area contributed by atoms with Crippen LogP contribution >= 0.6 is 0 Å². The number of hydrogen-bond donors (Lipinski definition) is 3. The van der Waals surface area contributed by atoms with E-state index in [2.05, 4.69) is 20.9 Å². The lowest BCUT2D eigenvalue weighted by Crippen LogP contribution is -2.45. The van der Waals surface area contributed by atoms with Gasteiger partial charge in [0, 0.05) is 38.8 Å². The Bertz CT molecular complexity index is 765. The summed E-state index contributed by atoms with van der Waals surface area (Å²) in [6.45, 7) is 1.88. The van der Waals surface area contributed by atoms with Crippen LogP contribution in [0.15, 0.2) is 30.5 Å². The lowest BCUT2D eigenvalue weighted by Gasteiger charge is -2.18. The molecule has 1 aromatic rings. The van der Waals surface area contributed by atoms with Crippen LogP contribution in [-0.2, 0) is 23.9 Å². The molecule has 1 saturated heterocycles. The van der Waals surface area contributed by atoms with Crippen LogP contribution in [-0.4, -0.2) is 54.4 Å². The normalized spacial score (nSPS) is 19.6. The molecule has 1 fully saturated rings. The van der Waals surface area contributed by atoms with Crippen LogP contribution in [0.3, 0.4) is 0 Å². The van der Waals surface area contributed by atoms with Gasteiger partial charge in [0.15, 0.2) is 5.78 Å². The number of Topliss-reactive ketones (excluding diaryl/α,β-unsaturated/α-hetero) is 1. The Balaban J connectivity index is 1.75. The molecule has 9 heteroatoms. The second kappa shape index (κ2) is 11.1. The van der Waals surface area contributed by atoms with E-state index in [0.29, 0.717) is 12.1 Å². The number of carbonyl (C=O) groups is 4. The number of aromatic nitrogens is 1. The van der Waals surface area contributed by atoms with Gasteiger partial charge in [0.25, 0.3) is 0 Å². The van der Waals surface area contributed by atoms with Gasteiger partial charge in [-0.3, -0.25) is 24.2 Å². The number of methoxy groups -OCH3 is 1. The van der Waals surface area contributed by atoms with E-state index < -0.39 is 18.2 Å². The smallest absolute Gasteiger partial charge is 0.244 e. The Kier molecular flexibility index (Phi) is 8.47. The average Bonchev–Trinajstić information content (AvgIpc) is 3.11. The molecule has 0 radical (unpaired) electrons. The highest BCUT2D eigenvalue weighted by molar-refractivity contribution is 6.06. The second-order valence-electron chi connectivity index (χ2n) is 6.58. The molecule has 1 aliphatic rings. The summed E-state index contributed by atoms with van der Waals surface area (Å²) < 4.78 is 5.06. The Morgan fingerprint density at radius 2 is 2.17 bits per heavy atom. The van der Waals surface area contributed by atoms with E-state index in [1.807, 2.05) is 6.07 Å². The summed E-state index contributed by atoms with van der Waals surface area (Å²) in [5.41, 5.74) is 0.649. The zero-order chi connectivity index (χ0) is 21.2. The molecule has 2 unspecified atom stereocenters. The van der Waals surface area contributed by atoms with Crippen LogP contribution in [0.4, 0.5) is 0 Å². The SMILES string of the molecule is CC[C@H](NC(=O)CCNC(=O)/C=C/c1ccccn1)C(=O)C1CC(OC)NC1=O. The first kappa shape index (κ1) is 22.2. The van der Waals surface area contributed by atoms with Gasteiger partial charge in [-0.15, -0.1) is 0 Å². The first-order chi connectivity index (χ1) is 13.9. The van der Waals surface area contributed by atoms with Crippen molar-refractivity contribution in [3.63, 3.8) is 0 Å². The largest absolute Gasteiger partial charge is 0.362 e. The minimum absolute atomic E-state index is 0.0184. The van der Waals surface area contributed by atoms with Crippen molar-refractivity contribution in [3.05, 3.63) is 36.2 Å². The van der Waals surface area contributed by atoms with E-state index >= 15 is 0 Å². The fraction of sp³-hybridized carbons (Fsp3) is 0.450. The minimum atomic E-state index is -0.832. The molecule has 9 nitrogen and oxygen atoms in total. The van der Waals surface area contributed by atoms with Crippen molar-refractivity contribution in [1.29, 1.82) is 0 Å². The molecule has 3 atom stereocenters. The summed E-state index contributed by atoms with van der Waals surface area (Å²) >= 11 is 0. The predicted molar refractivity (Wildman–Crippen MR) is 105 cm³/mol. The lowest BCUT2D eigenvalue weighted by atomic mass is 9.94. The van der Waals surface area contributed by atoms with Gasteiger partial charge in [-0.05, 0) is 24.6 Å². The van der Waals surface area contributed by atoms with Gasteiger partial charge >= 0.3 is 0 Å². The van der Waals surface area contributed by atoms with Gasteiger partial charge in [-0.25, -0.2) is 0 Å². The molecule has 29 heavy (non-hydrogen) atoms. The Morgan fingerprint density at radius 1 is 1.38 bits per heavy atom. The highest BCUT2D eigenvalue weighted by atomic mass is 16.5. The fourth-order valence-electron chi connectivity index (χ4n) is 2.92. The third-order valence-electron chi connectivity index (χ3n) is 4.53. The molecule has 1 aromatic heterocycles. The number of rotatable bonds is 10. The number of pyridine rings is 1. The molecular formula is C20H26N4O5. The third-order valence-corrected chi connectivity index (χ3v) is 4.53. The van der Waals surface area contributed by atoms with Crippen LogP contribution < -0.4 is 16.0 Å². The van der Waals surface area contributed by atoms with Crippen LogP contribution in [0, 0.1) is 5.92 Å². The quantitative estimate of drug-likeness (QED) is 0.378. The van der Waals surface area contributed by atoms with E-state index in [1.54, 1.807) is 31.3 Å². The number of carbonyl (C=O) groups excluding carboxylic acids is 4. The van der Waals surface area contributed by atoms with Crippen molar-refractivity contribution in [3.8, 4) is 0 Å². The molecule has 0 saturated carbocycles. The Morgan fingerprint density at radius 3 is 2.79 bits per heavy atom. The third kappa shape index (κ3) is 6.79. The summed E-state index contributed by atoms with van der Waals surface area (Å²) in [6, 6.07) is 4.59. The Labute approximate surface area is 169 Å². The zero-order valence-electron chi connectivity index (χ0n) is 16.5. The van der Waals surface area contributed by atoms with Gasteiger partial charge in [0.05, 0.1) is 11.7 Å². The molecular weight excluding hydrogens is 376 g/mol. The summed E-state index contributed by atoms with van der Waals surface area (Å²) in [6.07, 6.45) is 4.68. The highest BCUT2D eigenvalue weighted by Gasteiger charge is 2.39. The van der Waals surface area contributed by atoms with Gasteiger partial charge < -0.3 is 20.7 Å². The number of nitrogens with one attached hydrogen (secondary N) is 3. The van der Waals surface area contributed by atoms with Crippen molar-refractivity contribution in [2.75, 3.05) is 13.7 Å². The van der Waals surface area contributed by atoms with Gasteiger partial charge in [0.1, 0.15) is 12.1 Å². The molecule has 0 bridgehead atoms. The molecule has 2 heterocycles. The first-order valence-electron chi connectivity index (χ1n) is 9.47. The molecule has 2 rings (SSSR count). The number of ketones is 1. The maximum absolute atomic E-state index is 12.6. The maximum atomic E-state index is 12.6. The van der Waals surface area contributed by atoms with E-state index in [9.17, 15) is 19.2 Å². The van der Waals surface area contributed by atoms with Crippen molar-refractivity contribution in [1.82, 2.24) is 20.9 Å². The van der Waals surface area contributed by atoms with Crippen LogP contribution in [0.25, 0.3) is 6.08 Å². The predicted octanol–water partition coefficient (Wildman–Crippen LogP) is 0.174.